The van der Waals surface area contributed by atoms with E-state index in [0.717, 1.165) is 5.56 Å². The van der Waals surface area contributed by atoms with Crippen LogP contribution < -0.4 is 27.1 Å². The lowest BCUT2D eigenvalue weighted by molar-refractivity contribution is 0.0953. The van der Waals surface area contributed by atoms with E-state index in [-0.39, 0.29) is 17.3 Å². The molecule has 1 aromatic heterocycles. The third-order valence-electron chi connectivity index (χ3n) is 3.28. The lowest BCUT2D eigenvalue weighted by atomic mass is 10.1. The van der Waals surface area contributed by atoms with E-state index in [9.17, 15) is 9.59 Å². The first kappa shape index (κ1) is 17.5. The normalized spacial score (nSPS) is 10.4. The van der Waals surface area contributed by atoms with Crippen LogP contribution in [0.15, 0.2) is 29.1 Å². The molecular formula is C16H21N5O3. The van der Waals surface area contributed by atoms with Gasteiger partial charge < -0.3 is 26.5 Å². The van der Waals surface area contributed by atoms with Crippen molar-refractivity contribution in [3.05, 3.63) is 51.6 Å². The van der Waals surface area contributed by atoms with Crippen LogP contribution in [0.5, 0.6) is 5.75 Å². The lowest BCUT2D eigenvalue weighted by Crippen LogP contribution is -2.27. The second-order valence-electron chi connectivity index (χ2n) is 5.24. The molecule has 128 valence electrons. The molecule has 0 radical (unpaired) electrons. The van der Waals surface area contributed by atoms with Crippen LogP contribution in [0.2, 0.25) is 0 Å². The van der Waals surface area contributed by atoms with Gasteiger partial charge in [-0.1, -0.05) is 6.07 Å². The molecule has 8 heteroatoms. The maximum atomic E-state index is 12.2. The molecule has 1 heterocycles. The Morgan fingerprint density at radius 2 is 2.17 bits per heavy atom. The fourth-order valence-corrected chi connectivity index (χ4v) is 2.11. The number of anilines is 1. The molecule has 0 bridgehead atoms. The maximum absolute atomic E-state index is 12.2. The molecule has 0 aliphatic carbocycles. The van der Waals surface area contributed by atoms with Gasteiger partial charge in [-0.3, -0.25) is 9.59 Å². The molecule has 6 N–H and O–H groups in total. The molecule has 1 aromatic carbocycles. The van der Waals surface area contributed by atoms with Gasteiger partial charge in [-0.05, 0) is 24.6 Å². The van der Waals surface area contributed by atoms with Crippen molar-refractivity contribution in [2.75, 3.05) is 25.4 Å². The number of hydrogen-bond donors (Lipinski definition) is 4. The molecule has 0 spiro atoms. The van der Waals surface area contributed by atoms with Gasteiger partial charge in [0.05, 0.1) is 0 Å². The molecule has 0 unspecified atom stereocenters. The standard InChI is InChI=1S/C16H21N5O3/c1-10-2-3-11(8-12(10)24-7-5-17)16(23)19-6-4-14-20-13(18)9-15(22)21-14/h2-3,8-9H,4-7,17H2,1H3,(H,19,23)(H3,18,20,21,22). The summed E-state index contributed by atoms with van der Waals surface area (Å²) < 4.78 is 5.51. The molecule has 1 amide bonds. The van der Waals surface area contributed by atoms with E-state index in [1.165, 1.54) is 6.07 Å². The number of H-pyrrole nitrogens is 1. The number of nitrogen functional groups attached to an aromatic ring is 1. The number of nitrogens with zero attached hydrogens (tertiary/aromatic N) is 1. The maximum Gasteiger partial charge on any atom is 0.252 e. The second-order valence-corrected chi connectivity index (χ2v) is 5.24. The van der Waals surface area contributed by atoms with Crippen molar-refractivity contribution in [3.8, 4) is 5.75 Å². The summed E-state index contributed by atoms with van der Waals surface area (Å²) in [6, 6.07) is 6.43. The summed E-state index contributed by atoms with van der Waals surface area (Å²) in [6.07, 6.45) is 0.369. The highest BCUT2D eigenvalue weighted by Gasteiger charge is 2.09. The summed E-state index contributed by atoms with van der Waals surface area (Å²) in [7, 11) is 0. The Balaban J connectivity index is 1.95. The van der Waals surface area contributed by atoms with Gasteiger partial charge in [0.2, 0.25) is 0 Å². The van der Waals surface area contributed by atoms with E-state index in [2.05, 4.69) is 15.3 Å². The van der Waals surface area contributed by atoms with Crippen LogP contribution in [0.3, 0.4) is 0 Å². The minimum Gasteiger partial charge on any atom is -0.492 e. The topological polar surface area (TPSA) is 136 Å². The Morgan fingerprint density at radius 3 is 2.88 bits per heavy atom. The SMILES string of the molecule is Cc1ccc(C(=O)NCCc2nc(N)cc(=O)[nH]2)cc1OCCN. The first-order chi connectivity index (χ1) is 11.5. The van der Waals surface area contributed by atoms with Gasteiger partial charge in [-0.15, -0.1) is 0 Å². The molecule has 0 saturated carbocycles. The summed E-state index contributed by atoms with van der Waals surface area (Å²) in [5.41, 5.74) is 12.0. The zero-order valence-corrected chi connectivity index (χ0v) is 13.5. The Morgan fingerprint density at radius 1 is 1.38 bits per heavy atom. The molecule has 0 fully saturated rings. The van der Waals surface area contributed by atoms with Gasteiger partial charge in [0.15, 0.2) is 0 Å². The monoisotopic (exact) mass is 331 g/mol. The van der Waals surface area contributed by atoms with Crippen LogP contribution in [0, 0.1) is 6.92 Å². The smallest absolute Gasteiger partial charge is 0.252 e. The molecule has 0 saturated heterocycles. The predicted molar refractivity (Wildman–Crippen MR) is 91.0 cm³/mol. The minimum absolute atomic E-state index is 0.153. The van der Waals surface area contributed by atoms with Crippen molar-refractivity contribution in [2.24, 2.45) is 5.73 Å². The number of carbonyl (C=O) groups excluding carboxylic acids is 1. The van der Waals surface area contributed by atoms with Gasteiger partial charge in [0, 0.05) is 31.1 Å². The van der Waals surface area contributed by atoms with Gasteiger partial charge in [0.1, 0.15) is 24.0 Å². The highest BCUT2D eigenvalue weighted by Crippen LogP contribution is 2.19. The third-order valence-corrected chi connectivity index (χ3v) is 3.28. The summed E-state index contributed by atoms with van der Waals surface area (Å²) in [6.45, 7) is 3.01. The molecule has 0 atom stereocenters. The zero-order valence-electron chi connectivity index (χ0n) is 13.5. The Hall–Kier alpha value is -2.87. The van der Waals surface area contributed by atoms with Crippen molar-refractivity contribution in [3.63, 3.8) is 0 Å². The first-order valence-electron chi connectivity index (χ1n) is 7.57. The van der Waals surface area contributed by atoms with Crippen LogP contribution in [-0.4, -0.2) is 35.6 Å². The summed E-state index contributed by atoms with van der Waals surface area (Å²) in [4.78, 5) is 30.1. The number of benzene rings is 1. The van der Waals surface area contributed by atoms with Gasteiger partial charge in [0.25, 0.3) is 11.5 Å². The van der Waals surface area contributed by atoms with Gasteiger partial charge in [-0.25, -0.2) is 4.98 Å². The van der Waals surface area contributed by atoms with Crippen molar-refractivity contribution in [1.82, 2.24) is 15.3 Å². The Bertz CT molecular complexity index is 773. The predicted octanol–water partition coefficient (Wildman–Crippen LogP) is -0.0295. The van der Waals surface area contributed by atoms with Crippen LogP contribution in [0.1, 0.15) is 21.7 Å². The highest BCUT2D eigenvalue weighted by molar-refractivity contribution is 5.94. The molecule has 24 heavy (non-hydrogen) atoms. The van der Waals surface area contributed by atoms with Crippen molar-refractivity contribution in [2.45, 2.75) is 13.3 Å². The minimum atomic E-state index is -0.316. The van der Waals surface area contributed by atoms with E-state index in [1.54, 1.807) is 12.1 Å². The number of ether oxygens (including phenoxy) is 1. The third kappa shape index (κ3) is 4.82. The molecule has 2 rings (SSSR count). The first-order valence-corrected chi connectivity index (χ1v) is 7.57. The second kappa shape index (κ2) is 8.11. The number of amides is 1. The number of nitrogens with one attached hydrogen (secondary N) is 2. The lowest BCUT2D eigenvalue weighted by Gasteiger charge is -2.10. The van der Waals surface area contributed by atoms with E-state index in [4.69, 9.17) is 16.2 Å². The quantitative estimate of drug-likeness (QED) is 0.562. The van der Waals surface area contributed by atoms with Gasteiger partial charge in [-0.2, -0.15) is 0 Å². The molecular weight excluding hydrogens is 310 g/mol. The number of rotatable bonds is 7. The van der Waals surface area contributed by atoms with Crippen LogP contribution in [0.4, 0.5) is 5.82 Å². The van der Waals surface area contributed by atoms with E-state index in [0.29, 0.717) is 43.3 Å². The number of aryl methyl sites for hydroxylation is 1. The van der Waals surface area contributed by atoms with Crippen molar-refractivity contribution >= 4 is 11.7 Å². The number of aromatic amines is 1. The van der Waals surface area contributed by atoms with Crippen molar-refractivity contribution < 1.29 is 9.53 Å². The highest BCUT2D eigenvalue weighted by atomic mass is 16.5. The molecule has 0 aliphatic heterocycles. The Kier molecular flexibility index (Phi) is 5.91. The fourth-order valence-electron chi connectivity index (χ4n) is 2.11. The molecule has 8 nitrogen and oxygen atoms in total. The van der Waals surface area contributed by atoms with E-state index >= 15 is 0 Å². The summed E-state index contributed by atoms with van der Waals surface area (Å²) >= 11 is 0. The van der Waals surface area contributed by atoms with E-state index < -0.39 is 0 Å². The number of carbonyl (C=O) groups is 1. The van der Waals surface area contributed by atoms with Gasteiger partial charge >= 0.3 is 0 Å². The van der Waals surface area contributed by atoms with E-state index in [1.807, 2.05) is 13.0 Å². The van der Waals surface area contributed by atoms with Crippen molar-refractivity contribution in [1.29, 1.82) is 0 Å². The van der Waals surface area contributed by atoms with Crippen LogP contribution >= 0.6 is 0 Å². The average molecular weight is 331 g/mol. The fraction of sp³-hybridized carbons (Fsp3) is 0.312. The number of nitrogens with two attached hydrogens (primary N) is 2. The Labute approximate surface area is 139 Å². The molecule has 0 aliphatic rings. The number of hydrogen-bond acceptors (Lipinski definition) is 6. The summed E-state index contributed by atoms with van der Waals surface area (Å²) in [5.74, 6) is 0.977. The summed E-state index contributed by atoms with van der Waals surface area (Å²) in [5, 5.41) is 2.77. The zero-order chi connectivity index (χ0) is 17.5. The average Bonchev–Trinajstić information content (AvgIpc) is 2.53. The van der Waals surface area contributed by atoms with Crippen LogP contribution in [0.25, 0.3) is 0 Å². The van der Waals surface area contributed by atoms with Crippen LogP contribution in [-0.2, 0) is 6.42 Å². The molecule has 2 aromatic rings. The largest absolute Gasteiger partial charge is 0.492 e. The number of aromatic nitrogens is 2.